The van der Waals surface area contributed by atoms with E-state index in [9.17, 15) is 18.4 Å². The molecule has 0 bridgehead atoms. The minimum atomic E-state index is -2.95. The Hall–Kier alpha value is -2.38. The van der Waals surface area contributed by atoms with Gasteiger partial charge in [0.25, 0.3) is 0 Å². The molecule has 1 fully saturated rings. The summed E-state index contributed by atoms with van der Waals surface area (Å²) < 4.78 is 34.8. The van der Waals surface area contributed by atoms with Crippen LogP contribution in [0.15, 0.2) is 23.2 Å². The molecule has 2 rings (SSSR count). The zero-order valence-corrected chi connectivity index (χ0v) is 18.4. The average Bonchev–Trinajstić information content (AvgIpc) is 2.98. The van der Waals surface area contributed by atoms with Gasteiger partial charge in [-0.2, -0.15) is 8.78 Å². The minimum Gasteiger partial charge on any atom is -0.497 e. The number of ether oxygens (including phenoxy) is 2. The van der Waals surface area contributed by atoms with Crippen molar-refractivity contribution in [1.82, 2.24) is 20.9 Å². The normalized spacial score (nSPS) is 13.8. The third-order valence-electron chi connectivity index (χ3n) is 3.80. The zero-order chi connectivity index (χ0) is 20.5. The number of amides is 3. The minimum absolute atomic E-state index is 0. The fourth-order valence-electron chi connectivity index (χ4n) is 2.49. The first kappa shape index (κ1) is 24.7. The highest BCUT2D eigenvalue weighted by atomic mass is 127. The molecule has 0 aromatic heterocycles. The van der Waals surface area contributed by atoms with Crippen molar-refractivity contribution in [2.45, 2.75) is 20.1 Å². The predicted octanol–water partition coefficient (Wildman–Crippen LogP) is 1.52. The molecule has 1 saturated heterocycles. The number of nitrogens with zero attached hydrogens (tertiary/aromatic N) is 2. The Morgan fingerprint density at radius 1 is 1.34 bits per heavy atom. The lowest BCUT2D eigenvalue weighted by atomic mass is 10.2. The van der Waals surface area contributed by atoms with Crippen LogP contribution in [0.1, 0.15) is 12.5 Å². The molecule has 29 heavy (non-hydrogen) atoms. The van der Waals surface area contributed by atoms with Gasteiger partial charge in [0.15, 0.2) is 5.96 Å². The number of hydrogen-bond acceptors (Lipinski definition) is 5. The summed E-state index contributed by atoms with van der Waals surface area (Å²) >= 11 is 0. The lowest BCUT2D eigenvalue weighted by Gasteiger charge is -2.16. The number of carbonyl (C=O) groups is 2. The molecule has 0 radical (unpaired) electrons. The molecule has 0 saturated carbocycles. The van der Waals surface area contributed by atoms with Gasteiger partial charge in [0, 0.05) is 25.2 Å². The number of nitrogens with one attached hydrogen (secondary N) is 3. The first-order valence-corrected chi connectivity index (χ1v) is 8.66. The number of benzene rings is 1. The number of hydrogen-bond donors (Lipinski definition) is 3. The highest BCUT2D eigenvalue weighted by molar-refractivity contribution is 14.0. The van der Waals surface area contributed by atoms with Crippen molar-refractivity contribution in [3.8, 4) is 11.5 Å². The highest BCUT2D eigenvalue weighted by Gasteiger charge is 2.27. The van der Waals surface area contributed by atoms with E-state index in [1.165, 1.54) is 19.2 Å². The average molecular weight is 527 g/mol. The van der Waals surface area contributed by atoms with E-state index in [2.05, 4.69) is 25.7 Å². The lowest BCUT2D eigenvalue weighted by molar-refractivity contribution is -0.124. The second kappa shape index (κ2) is 12.2. The number of halogens is 3. The summed E-state index contributed by atoms with van der Waals surface area (Å²) in [5.74, 6) is 0.609. The van der Waals surface area contributed by atoms with E-state index >= 15 is 0 Å². The smallest absolute Gasteiger partial charge is 0.387 e. The van der Waals surface area contributed by atoms with Gasteiger partial charge in [-0.1, -0.05) is 0 Å². The van der Waals surface area contributed by atoms with Crippen molar-refractivity contribution >= 4 is 41.9 Å². The van der Waals surface area contributed by atoms with E-state index in [0.29, 0.717) is 23.8 Å². The molecule has 0 unspecified atom stereocenters. The quantitative estimate of drug-likeness (QED) is 0.195. The van der Waals surface area contributed by atoms with E-state index in [-0.39, 0.29) is 61.8 Å². The van der Waals surface area contributed by atoms with Crippen LogP contribution in [0.5, 0.6) is 11.5 Å². The highest BCUT2D eigenvalue weighted by Crippen LogP contribution is 2.26. The molecule has 3 amide bonds. The van der Waals surface area contributed by atoms with Crippen LogP contribution in [-0.2, 0) is 11.3 Å². The second-order valence-electron chi connectivity index (χ2n) is 5.68. The van der Waals surface area contributed by atoms with Gasteiger partial charge >= 0.3 is 12.6 Å². The Kier molecular flexibility index (Phi) is 10.4. The van der Waals surface area contributed by atoms with Gasteiger partial charge < -0.3 is 25.4 Å². The predicted molar refractivity (Wildman–Crippen MR) is 113 cm³/mol. The molecule has 9 nitrogen and oxygen atoms in total. The van der Waals surface area contributed by atoms with Crippen LogP contribution in [0.3, 0.4) is 0 Å². The number of methoxy groups -OCH3 is 1. The monoisotopic (exact) mass is 527 g/mol. The summed E-state index contributed by atoms with van der Waals surface area (Å²) in [7, 11) is 1.47. The molecule has 1 aliphatic rings. The standard InChI is InChI=1S/C17H23F2N5O4.HI/c1-3-20-16(21-6-7-24-14(25)10-23-17(24)26)22-9-11-8-12(27-2)4-5-13(11)28-15(18)19;/h4-5,8,15H,3,6-7,9-10H2,1-2H3,(H,23,26)(H2,20,21,22);1H. The van der Waals surface area contributed by atoms with Crippen molar-refractivity contribution in [3.05, 3.63) is 23.8 Å². The molecule has 1 aromatic carbocycles. The Balaban J connectivity index is 0.00000420. The van der Waals surface area contributed by atoms with Crippen molar-refractivity contribution < 1.29 is 27.8 Å². The van der Waals surface area contributed by atoms with E-state index < -0.39 is 12.6 Å². The van der Waals surface area contributed by atoms with Crippen molar-refractivity contribution in [2.75, 3.05) is 33.3 Å². The summed E-state index contributed by atoms with van der Waals surface area (Å²) in [5.41, 5.74) is 0.422. The molecule has 0 spiro atoms. The Morgan fingerprint density at radius 2 is 2.10 bits per heavy atom. The Labute approximate surface area is 184 Å². The number of rotatable bonds is 9. The fourth-order valence-corrected chi connectivity index (χ4v) is 2.49. The summed E-state index contributed by atoms with van der Waals surface area (Å²) in [6, 6.07) is 4.05. The molecule has 1 heterocycles. The van der Waals surface area contributed by atoms with Crippen LogP contribution in [0, 0.1) is 0 Å². The van der Waals surface area contributed by atoms with E-state index in [1.54, 1.807) is 6.07 Å². The third-order valence-corrected chi connectivity index (χ3v) is 3.80. The molecular formula is C17H24F2IN5O4. The van der Waals surface area contributed by atoms with Gasteiger partial charge in [0.05, 0.1) is 20.2 Å². The molecule has 1 aromatic rings. The molecule has 12 heteroatoms. The van der Waals surface area contributed by atoms with Crippen LogP contribution in [0.2, 0.25) is 0 Å². The van der Waals surface area contributed by atoms with Crippen LogP contribution < -0.4 is 25.4 Å². The molecule has 0 atom stereocenters. The first-order chi connectivity index (χ1) is 13.4. The lowest BCUT2D eigenvalue weighted by Crippen LogP contribution is -2.43. The van der Waals surface area contributed by atoms with Gasteiger partial charge in [-0.3, -0.25) is 9.69 Å². The third kappa shape index (κ3) is 7.51. The fraction of sp³-hybridized carbons (Fsp3) is 0.471. The van der Waals surface area contributed by atoms with Crippen LogP contribution in [-0.4, -0.2) is 62.7 Å². The maximum atomic E-state index is 12.6. The zero-order valence-electron chi connectivity index (χ0n) is 16.0. The molecule has 3 N–H and O–H groups in total. The van der Waals surface area contributed by atoms with Crippen LogP contribution in [0.25, 0.3) is 0 Å². The van der Waals surface area contributed by atoms with E-state index in [4.69, 9.17) is 4.74 Å². The molecular weight excluding hydrogens is 503 g/mol. The number of alkyl halides is 2. The number of urea groups is 1. The van der Waals surface area contributed by atoms with Gasteiger partial charge in [0.1, 0.15) is 11.5 Å². The van der Waals surface area contributed by atoms with E-state index in [1.807, 2.05) is 6.92 Å². The van der Waals surface area contributed by atoms with Gasteiger partial charge in [0.2, 0.25) is 5.91 Å². The van der Waals surface area contributed by atoms with Crippen LogP contribution in [0.4, 0.5) is 13.6 Å². The van der Waals surface area contributed by atoms with Crippen molar-refractivity contribution in [3.63, 3.8) is 0 Å². The van der Waals surface area contributed by atoms with Gasteiger partial charge in [-0.25, -0.2) is 9.79 Å². The molecule has 162 valence electrons. The number of aliphatic imine (C=N–C) groups is 1. The summed E-state index contributed by atoms with van der Waals surface area (Å²) in [4.78, 5) is 28.5. The largest absolute Gasteiger partial charge is 0.497 e. The van der Waals surface area contributed by atoms with Crippen molar-refractivity contribution in [1.29, 1.82) is 0 Å². The number of imide groups is 1. The first-order valence-electron chi connectivity index (χ1n) is 8.66. The Bertz CT molecular complexity index is 720. The summed E-state index contributed by atoms with van der Waals surface area (Å²) in [6.45, 7) is -0.0177. The number of carbonyl (C=O) groups excluding carboxylic acids is 2. The summed E-state index contributed by atoms with van der Waals surface area (Å²) in [5, 5.41) is 8.44. The topological polar surface area (TPSA) is 104 Å². The second-order valence-corrected chi connectivity index (χ2v) is 5.68. The van der Waals surface area contributed by atoms with Gasteiger partial charge in [-0.05, 0) is 25.1 Å². The molecule has 0 aliphatic carbocycles. The number of guanidine groups is 1. The SMILES string of the molecule is CCNC(=NCc1cc(OC)ccc1OC(F)F)NCCN1C(=O)CNC1=O.I. The Morgan fingerprint density at radius 3 is 2.69 bits per heavy atom. The van der Waals surface area contributed by atoms with Crippen LogP contribution >= 0.6 is 24.0 Å². The van der Waals surface area contributed by atoms with Crippen molar-refractivity contribution in [2.24, 2.45) is 4.99 Å². The maximum absolute atomic E-state index is 12.6. The maximum Gasteiger partial charge on any atom is 0.387 e. The molecule has 1 aliphatic heterocycles. The summed E-state index contributed by atoms with van der Waals surface area (Å²) in [6.07, 6.45) is 0. The van der Waals surface area contributed by atoms with E-state index in [0.717, 1.165) is 4.90 Å². The van der Waals surface area contributed by atoms with Gasteiger partial charge in [-0.15, -0.1) is 24.0 Å².